The van der Waals surface area contributed by atoms with Crippen molar-refractivity contribution in [1.82, 2.24) is 15.1 Å². The van der Waals surface area contributed by atoms with Crippen LogP contribution in [0.3, 0.4) is 0 Å². The molecule has 3 amide bonds. The summed E-state index contributed by atoms with van der Waals surface area (Å²) in [6, 6.07) is 13.0. The van der Waals surface area contributed by atoms with Gasteiger partial charge in [-0.25, -0.2) is 0 Å². The molecule has 1 aliphatic carbocycles. The molecular weight excluding hydrogens is 482 g/mol. The van der Waals surface area contributed by atoms with Crippen molar-refractivity contribution in [1.29, 1.82) is 0 Å². The molecule has 9 nitrogen and oxygen atoms in total. The van der Waals surface area contributed by atoms with E-state index in [0.29, 0.717) is 37.4 Å². The van der Waals surface area contributed by atoms with E-state index in [-0.39, 0.29) is 30.1 Å². The summed E-state index contributed by atoms with van der Waals surface area (Å²) in [6.07, 6.45) is 3.08. The third-order valence-corrected chi connectivity index (χ3v) is 7.52. The smallest absolute Gasteiger partial charge is 0.254 e. The maximum absolute atomic E-state index is 13.2. The van der Waals surface area contributed by atoms with Crippen molar-refractivity contribution in [3.8, 4) is 5.75 Å². The zero-order valence-electron chi connectivity index (χ0n) is 22.1. The molecule has 2 saturated heterocycles. The van der Waals surface area contributed by atoms with Crippen LogP contribution in [-0.4, -0.2) is 87.0 Å². The Bertz CT molecular complexity index is 1160. The number of rotatable bonds is 7. The van der Waals surface area contributed by atoms with Gasteiger partial charge >= 0.3 is 0 Å². The largest absolute Gasteiger partial charge is 0.497 e. The summed E-state index contributed by atoms with van der Waals surface area (Å²) in [4.78, 5) is 45.1. The fourth-order valence-corrected chi connectivity index (χ4v) is 5.19. The highest BCUT2D eigenvalue weighted by Crippen LogP contribution is 2.33. The van der Waals surface area contributed by atoms with E-state index in [9.17, 15) is 14.4 Å². The number of methoxy groups -OCH3 is 1. The number of carbonyl (C=O) groups is 3. The van der Waals surface area contributed by atoms with Gasteiger partial charge in [-0.2, -0.15) is 0 Å². The quantitative estimate of drug-likeness (QED) is 0.584. The van der Waals surface area contributed by atoms with Crippen LogP contribution in [0.2, 0.25) is 0 Å². The molecule has 0 radical (unpaired) electrons. The van der Waals surface area contributed by atoms with Gasteiger partial charge in [-0.3, -0.25) is 14.4 Å². The van der Waals surface area contributed by atoms with E-state index in [1.54, 1.807) is 7.11 Å². The van der Waals surface area contributed by atoms with Gasteiger partial charge < -0.3 is 30.1 Å². The van der Waals surface area contributed by atoms with Crippen molar-refractivity contribution in [2.24, 2.45) is 5.92 Å². The first-order valence-corrected chi connectivity index (χ1v) is 13.6. The molecule has 3 aliphatic rings. The van der Waals surface area contributed by atoms with Gasteiger partial charge in [0, 0.05) is 63.8 Å². The molecule has 0 unspecified atom stereocenters. The van der Waals surface area contributed by atoms with Crippen LogP contribution in [0.5, 0.6) is 5.75 Å². The van der Waals surface area contributed by atoms with E-state index in [1.165, 1.54) is 0 Å². The zero-order chi connectivity index (χ0) is 26.5. The molecule has 2 heterocycles. The molecule has 0 atom stereocenters. The van der Waals surface area contributed by atoms with Crippen molar-refractivity contribution >= 4 is 29.1 Å². The summed E-state index contributed by atoms with van der Waals surface area (Å²) in [5, 5.41) is 6.37. The van der Waals surface area contributed by atoms with Crippen LogP contribution in [0.4, 0.5) is 11.4 Å². The number of hydrogen-bond donors (Lipinski definition) is 2. The van der Waals surface area contributed by atoms with E-state index >= 15 is 0 Å². The van der Waals surface area contributed by atoms with Crippen LogP contribution in [0, 0.1) is 5.92 Å². The summed E-state index contributed by atoms with van der Waals surface area (Å²) in [5.74, 6) is 1.05. The summed E-state index contributed by atoms with van der Waals surface area (Å²) in [6.45, 7) is 5.76. The lowest BCUT2D eigenvalue weighted by molar-refractivity contribution is -0.132. The topological polar surface area (TPSA) is 94.2 Å². The number of benzene rings is 2. The summed E-state index contributed by atoms with van der Waals surface area (Å²) < 4.78 is 5.22. The van der Waals surface area contributed by atoms with Crippen molar-refractivity contribution < 1.29 is 19.1 Å². The van der Waals surface area contributed by atoms with Gasteiger partial charge in [-0.1, -0.05) is 12.1 Å². The lowest BCUT2D eigenvalue weighted by Gasteiger charge is -2.29. The third-order valence-electron chi connectivity index (χ3n) is 7.52. The van der Waals surface area contributed by atoms with Gasteiger partial charge in [0.15, 0.2) is 0 Å². The number of anilines is 2. The monoisotopic (exact) mass is 519 g/mol. The van der Waals surface area contributed by atoms with E-state index in [4.69, 9.17) is 4.74 Å². The predicted octanol–water partition coefficient (Wildman–Crippen LogP) is 2.37. The molecule has 202 valence electrons. The van der Waals surface area contributed by atoms with Crippen molar-refractivity contribution in [3.63, 3.8) is 0 Å². The molecule has 0 spiro atoms. The molecule has 2 aromatic carbocycles. The van der Waals surface area contributed by atoms with Crippen LogP contribution >= 0.6 is 0 Å². The minimum Gasteiger partial charge on any atom is -0.497 e. The van der Waals surface area contributed by atoms with Crippen molar-refractivity contribution in [2.75, 3.05) is 69.7 Å². The maximum Gasteiger partial charge on any atom is 0.254 e. The average Bonchev–Trinajstić information content (AvgIpc) is 3.81. The molecule has 2 aliphatic heterocycles. The third kappa shape index (κ3) is 6.27. The molecule has 2 aromatic rings. The number of piperazine rings is 1. The zero-order valence-corrected chi connectivity index (χ0v) is 22.1. The number of nitrogens with one attached hydrogen (secondary N) is 2. The number of nitrogens with zero attached hydrogens (tertiary/aromatic N) is 3. The first-order valence-electron chi connectivity index (χ1n) is 13.6. The lowest BCUT2D eigenvalue weighted by atomic mass is 10.1. The molecule has 3 fully saturated rings. The second-order valence-electron chi connectivity index (χ2n) is 10.3. The number of hydrogen-bond acceptors (Lipinski definition) is 6. The van der Waals surface area contributed by atoms with Crippen LogP contribution in [0.15, 0.2) is 42.5 Å². The highest BCUT2D eigenvalue weighted by Gasteiger charge is 2.34. The van der Waals surface area contributed by atoms with Crippen molar-refractivity contribution in [2.45, 2.75) is 25.7 Å². The van der Waals surface area contributed by atoms with Gasteiger partial charge in [-0.15, -0.1) is 0 Å². The Morgan fingerprint density at radius 2 is 1.68 bits per heavy atom. The minimum atomic E-state index is -0.149. The van der Waals surface area contributed by atoms with Gasteiger partial charge in [-0.05, 0) is 55.2 Å². The number of amides is 3. The molecule has 9 heteroatoms. The Hall–Kier alpha value is -3.59. The second-order valence-corrected chi connectivity index (χ2v) is 10.3. The van der Waals surface area contributed by atoms with Crippen molar-refractivity contribution in [3.05, 3.63) is 53.6 Å². The van der Waals surface area contributed by atoms with E-state index in [0.717, 1.165) is 62.4 Å². The summed E-state index contributed by atoms with van der Waals surface area (Å²) in [7, 11) is 1.61. The molecule has 0 aromatic heterocycles. The minimum absolute atomic E-state index is 0.0271. The van der Waals surface area contributed by atoms with Gasteiger partial charge in [0.25, 0.3) is 5.91 Å². The highest BCUT2D eigenvalue weighted by molar-refractivity contribution is 6.00. The Labute approximate surface area is 224 Å². The Kier molecular flexibility index (Phi) is 8.12. The lowest BCUT2D eigenvalue weighted by Crippen LogP contribution is -2.46. The van der Waals surface area contributed by atoms with Crippen LogP contribution in [0.25, 0.3) is 0 Å². The number of carbonyl (C=O) groups excluding carboxylic acids is 3. The fraction of sp³-hybridized carbons (Fsp3) is 0.483. The second kappa shape index (κ2) is 11.9. The van der Waals surface area contributed by atoms with E-state index < -0.39 is 0 Å². The van der Waals surface area contributed by atoms with Gasteiger partial charge in [0.1, 0.15) is 5.75 Å². The molecular formula is C29H37N5O4. The standard InChI is InChI=1S/C29H37N5O4/c1-38-24-8-3-21(4-9-24)19-27(35)31-25-20-23(29(37)34-15-11-30-12-16-34)7-10-26(25)32-13-2-14-33(18-17-32)28(36)22-5-6-22/h3-4,7-10,20,22,30H,2,5-6,11-19H2,1H3,(H,31,35). The van der Waals surface area contributed by atoms with E-state index in [1.807, 2.05) is 52.3 Å². The predicted molar refractivity (Wildman–Crippen MR) is 147 cm³/mol. The molecule has 5 rings (SSSR count). The Balaban J connectivity index is 1.35. The fourth-order valence-electron chi connectivity index (χ4n) is 5.19. The van der Waals surface area contributed by atoms with Crippen LogP contribution in [0.1, 0.15) is 35.2 Å². The summed E-state index contributed by atoms with van der Waals surface area (Å²) in [5.41, 5.74) is 2.95. The Morgan fingerprint density at radius 3 is 2.39 bits per heavy atom. The first-order chi connectivity index (χ1) is 18.5. The van der Waals surface area contributed by atoms with Gasteiger partial charge in [0.2, 0.25) is 11.8 Å². The summed E-state index contributed by atoms with van der Waals surface area (Å²) >= 11 is 0. The highest BCUT2D eigenvalue weighted by atomic mass is 16.5. The Morgan fingerprint density at radius 1 is 0.921 bits per heavy atom. The first kappa shape index (κ1) is 26.0. The van der Waals surface area contributed by atoms with Crippen LogP contribution < -0.4 is 20.3 Å². The average molecular weight is 520 g/mol. The maximum atomic E-state index is 13.2. The molecule has 2 N–H and O–H groups in total. The molecule has 38 heavy (non-hydrogen) atoms. The SMILES string of the molecule is COc1ccc(CC(=O)Nc2cc(C(=O)N3CCNCC3)ccc2N2CCCN(C(=O)C3CC3)CC2)cc1. The normalized spacial score (nSPS) is 18.1. The van der Waals surface area contributed by atoms with Gasteiger partial charge in [0.05, 0.1) is 24.9 Å². The van der Waals surface area contributed by atoms with Crippen LogP contribution in [-0.2, 0) is 16.0 Å². The van der Waals surface area contributed by atoms with E-state index in [2.05, 4.69) is 15.5 Å². The number of ether oxygens (including phenoxy) is 1. The molecule has 1 saturated carbocycles. The molecule has 0 bridgehead atoms.